The molecular formula is C28H28N4O5S. The van der Waals surface area contributed by atoms with Gasteiger partial charge in [-0.05, 0) is 49.0 Å². The van der Waals surface area contributed by atoms with E-state index in [2.05, 4.69) is 21.2 Å². The fraction of sp³-hybridized carbons (Fsp3) is 0.214. The summed E-state index contributed by atoms with van der Waals surface area (Å²) in [6.45, 7) is 3.43. The van der Waals surface area contributed by atoms with Crippen molar-refractivity contribution in [1.82, 2.24) is 16.1 Å². The van der Waals surface area contributed by atoms with Gasteiger partial charge in [0.2, 0.25) is 0 Å². The number of allylic oxidation sites excluding steroid dienone is 1. The Morgan fingerprint density at radius 1 is 1.08 bits per heavy atom. The molecule has 0 bridgehead atoms. The summed E-state index contributed by atoms with van der Waals surface area (Å²) in [6.07, 6.45) is 1.55. The van der Waals surface area contributed by atoms with Crippen LogP contribution in [0.5, 0.6) is 11.5 Å². The molecule has 4 rings (SSSR count). The van der Waals surface area contributed by atoms with Gasteiger partial charge in [0, 0.05) is 16.8 Å². The maximum absolute atomic E-state index is 12.7. The van der Waals surface area contributed by atoms with E-state index < -0.39 is 17.9 Å². The van der Waals surface area contributed by atoms with E-state index >= 15 is 0 Å². The summed E-state index contributed by atoms with van der Waals surface area (Å²) >= 11 is 5.31. The van der Waals surface area contributed by atoms with E-state index in [9.17, 15) is 9.59 Å². The normalized spacial score (nSPS) is 15.1. The van der Waals surface area contributed by atoms with Gasteiger partial charge in [-0.1, -0.05) is 48.5 Å². The Morgan fingerprint density at radius 3 is 2.63 bits per heavy atom. The number of para-hydroxylation sites is 1. The number of carbonyl (C=O) groups is 2. The Morgan fingerprint density at radius 2 is 1.84 bits per heavy atom. The Bertz CT molecular complexity index is 1440. The molecule has 3 aromatic carbocycles. The van der Waals surface area contributed by atoms with Crippen molar-refractivity contribution in [2.45, 2.75) is 19.9 Å². The fourth-order valence-corrected chi connectivity index (χ4v) is 4.46. The van der Waals surface area contributed by atoms with Gasteiger partial charge in [0.05, 0.1) is 31.5 Å². The Balaban J connectivity index is 1.48. The summed E-state index contributed by atoms with van der Waals surface area (Å²) < 4.78 is 16.5. The standard InChI is InChI=1S/C28H28N4O5S/c1-4-36-27(34)25-17(2)30-28(38)31-26(25)20-11-7-8-12-23(20)37-16-24(33)32-29-15-21-19-10-6-5-9-18(19)13-14-22(21)35-3/h5-15,26H,4,16H2,1-3H3,(H,32,33)(H2,30,31,38)/t26-/m0/s1. The van der Waals surface area contributed by atoms with Crippen molar-refractivity contribution in [2.24, 2.45) is 5.10 Å². The lowest BCUT2D eigenvalue weighted by Gasteiger charge is -2.30. The minimum absolute atomic E-state index is 0.232. The number of esters is 1. The lowest BCUT2D eigenvalue weighted by Crippen LogP contribution is -2.45. The molecule has 38 heavy (non-hydrogen) atoms. The van der Waals surface area contributed by atoms with E-state index in [0.717, 1.165) is 16.3 Å². The highest BCUT2D eigenvalue weighted by molar-refractivity contribution is 7.80. The quantitative estimate of drug-likeness (QED) is 0.166. The molecule has 3 N–H and O–H groups in total. The Labute approximate surface area is 225 Å². The predicted octanol–water partition coefficient (Wildman–Crippen LogP) is 3.73. The number of nitrogens with zero attached hydrogens (tertiary/aromatic N) is 1. The average molecular weight is 533 g/mol. The zero-order valence-corrected chi connectivity index (χ0v) is 22.1. The third kappa shape index (κ3) is 5.92. The van der Waals surface area contributed by atoms with Crippen LogP contribution >= 0.6 is 12.2 Å². The molecule has 9 nitrogen and oxygen atoms in total. The van der Waals surface area contributed by atoms with Crippen LogP contribution in [-0.4, -0.2) is 43.5 Å². The highest BCUT2D eigenvalue weighted by Gasteiger charge is 2.32. The minimum atomic E-state index is -0.612. The van der Waals surface area contributed by atoms with Crippen molar-refractivity contribution in [2.75, 3.05) is 20.3 Å². The highest BCUT2D eigenvalue weighted by atomic mass is 32.1. The molecule has 0 aromatic heterocycles. The molecule has 0 fully saturated rings. The lowest BCUT2D eigenvalue weighted by molar-refractivity contribution is -0.139. The number of hydrogen-bond acceptors (Lipinski definition) is 7. The third-order valence-electron chi connectivity index (χ3n) is 5.89. The molecule has 0 saturated carbocycles. The second kappa shape index (κ2) is 12.2. The summed E-state index contributed by atoms with van der Waals surface area (Å²) in [5.74, 6) is 0.129. The van der Waals surface area contributed by atoms with E-state index in [1.54, 1.807) is 45.4 Å². The molecule has 0 spiro atoms. The summed E-state index contributed by atoms with van der Waals surface area (Å²) in [4.78, 5) is 25.3. The van der Waals surface area contributed by atoms with Gasteiger partial charge in [-0.25, -0.2) is 10.2 Å². The molecule has 1 aliphatic heterocycles. The van der Waals surface area contributed by atoms with Crippen LogP contribution in [0.3, 0.4) is 0 Å². The van der Waals surface area contributed by atoms with Crippen molar-refractivity contribution in [1.29, 1.82) is 0 Å². The maximum Gasteiger partial charge on any atom is 0.338 e. The molecule has 3 aromatic rings. The number of carbonyl (C=O) groups excluding carboxylic acids is 2. The van der Waals surface area contributed by atoms with E-state index in [0.29, 0.717) is 33.4 Å². The summed E-state index contributed by atoms with van der Waals surface area (Å²) in [6, 6.07) is 18.1. The van der Waals surface area contributed by atoms with E-state index in [1.807, 2.05) is 42.5 Å². The van der Waals surface area contributed by atoms with Crippen LogP contribution in [0.25, 0.3) is 10.8 Å². The first-order chi connectivity index (χ1) is 18.4. The Kier molecular flexibility index (Phi) is 8.55. The van der Waals surface area contributed by atoms with E-state index in [-0.39, 0.29) is 13.2 Å². The van der Waals surface area contributed by atoms with Crippen LogP contribution in [0, 0.1) is 0 Å². The first-order valence-corrected chi connectivity index (χ1v) is 12.4. The summed E-state index contributed by atoms with van der Waals surface area (Å²) in [5, 5.41) is 12.5. The zero-order chi connectivity index (χ0) is 27.1. The number of nitrogens with one attached hydrogen (secondary N) is 3. The number of hydrogen-bond donors (Lipinski definition) is 3. The van der Waals surface area contributed by atoms with Gasteiger partial charge in [0.1, 0.15) is 11.5 Å². The SMILES string of the molecule is CCOC(=O)C1=C(C)NC(=S)N[C@H]1c1ccccc1OCC(=O)NN=Cc1c(OC)ccc2ccccc12. The number of thiocarbonyl (C=S) groups is 1. The first kappa shape index (κ1) is 26.6. The molecule has 0 radical (unpaired) electrons. The van der Waals surface area contributed by atoms with Crippen LogP contribution in [-0.2, 0) is 14.3 Å². The van der Waals surface area contributed by atoms with Gasteiger partial charge in [-0.3, -0.25) is 4.79 Å². The fourth-order valence-electron chi connectivity index (χ4n) is 4.19. The van der Waals surface area contributed by atoms with Crippen molar-refractivity contribution in [3.05, 3.63) is 83.1 Å². The smallest absolute Gasteiger partial charge is 0.338 e. The summed E-state index contributed by atoms with van der Waals surface area (Å²) in [7, 11) is 1.58. The van der Waals surface area contributed by atoms with Crippen LogP contribution < -0.4 is 25.5 Å². The second-order valence-electron chi connectivity index (χ2n) is 8.31. The van der Waals surface area contributed by atoms with E-state index in [4.69, 9.17) is 26.4 Å². The number of fused-ring (bicyclic) bond motifs is 1. The maximum atomic E-state index is 12.7. The van der Waals surface area contributed by atoms with Gasteiger partial charge >= 0.3 is 5.97 Å². The number of ether oxygens (including phenoxy) is 3. The van der Waals surface area contributed by atoms with Gasteiger partial charge in [0.25, 0.3) is 5.91 Å². The van der Waals surface area contributed by atoms with Crippen LogP contribution in [0.4, 0.5) is 0 Å². The van der Waals surface area contributed by atoms with Gasteiger partial charge in [0.15, 0.2) is 11.7 Å². The molecule has 10 heteroatoms. The average Bonchev–Trinajstić information content (AvgIpc) is 2.91. The molecule has 1 aliphatic rings. The lowest BCUT2D eigenvalue weighted by atomic mass is 9.95. The number of methoxy groups -OCH3 is 1. The molecule has 1 heterocycles. The van der Waals surface area contributed by atoms with Crippen molar-refractivity contribution < 1.29 is 23.8 Å². The minimum Gasteiger partial charge on any atom is -0.496 e. The number of rotatable bonds is 9. The van der Waals surface area contributed by atoms with Gasteiger partial charge in [-0.15, -0.1) is 0 Å². The van der Waals surface area contributed by atoms with E-state index in [1.165, 1.54) is 0 Å². The monoisotopic (exact) mass is 532 g/mol. The number of amides is 1. The molecule has 1 atom stereocenters. The Hall–Kier alpha value is -4.44. The van der Waals surface area contributed by atoms with Crippen LogP contribution in [0.2, 0.25) is 0 Å². The topological polar surface area (TPSA) is 110 Å². The third-order valence-corrected chi connectivity index (χ3v) is 6.11. The van der Waals surface area contributed by atoms with Crippen molar-refractivity contribution in [3.8, 4) is 11.5 Å². The first-order valence-electron chi connectivity index (χ1n) is 12.0. The summed E-state index contributed by atoms with van der Waals surface area (Å²) in [5.41, 5.74) is 4.85. The molecule has 0 aliphatic carbocycles. The van der Waals surface area contributed by atoms with Crippen LogP contribution in [0.1, 0.15) is 31.0 Å². The molecule has 1 amide bonds. The largest absolute Gasteiger partial charge is 0.496 e. The van der Waals surface area contributed by atoms with Crippen molar-refractivity contribution in [3.63, 3.8) is 0 Å². The molecule has 0 unspecified atom stereocenters. The second-order valence-corrected chi connectivity index (χ2v) is 8.72. The zero-order valence-electron chi connectivity index (χ0n) is 21.2. The molecular weight excluding hydrogens is 504 g/mol. The van der Waals surface area contributed by atoms with Crippen molar-refractivity contribution >= 4 is 46.2 Å². The van der Waals surface area contributed by atoms with Gasteiger partial charge < -0.3 is 24.8 Å². The molecule has 196 valence electrons. The van der Waals surface area contributed by atoms with Gasteiger partial charge in [-0.2, -0.15) is 5.10 Å². The predicted molar refractivity (Wildman–Crippen MR) is 149 cm³/mol. The number of hydrazone groups is 1. The highest BCUT2D eigenvalue weighted by Crippen LogP contribution is 2.33. The molecule has 0 saturated heterocycles. The number of benzene rings is 3. The van der Waals surface area contributed by atoms with Crippen LogP contribution in [0.15, 0.2) is 77.0 Å².